The van der Waals surface area contributed by atoms with E-state index >= 15 is 0 Å². The van der Waals surface area contributed by atoms with Crippen LogP contribution in [0.2, 0.25) is 0 Å². The molecular weight excluding hydrogens is 176 g/mol. The van der Waals surface area contributed by atoms with E-state index in [0.29, 0.717) is 11.7 Å². The van der Waals surface area contributed by atoms with Gasteiger partial charge in [0.05, 0.1) is 6.10 Å². The standard InChI is InChI=1S/C11H16N2O/c1-11(2)6-8(11)9(14)7-4-3-5-13-10(7)12/h3-5,8-9,14H,6H2,1-2H3,(H2,12,13). The Kier molecular flexibility index (Phi) is 2.00. The molecule has 0 amide bonds. The lowest BCUT2D eigenvalue weighted by Gasteiger charge is -2.13. The number of hydrogen-bond donors (Lipinski definition) is 2. The average molecular weight is 192 g/mol. The van der Waals surface area contributed by atoms with Crippen LogP contribution in [0.25, 0.3) is 0 Å². The minimum atomic E-state index is -0.460. The number of rotatable bonds is 2. The van der Waals surface area contributed by atoms with Gasteiger partial charge in [-0.15, -0.1) is 0 Å². The maximum Gasteiger partial charge on any atom is 0.129 e. The van der Waals surface area contributed by atoms with Gasteiger partial charge in [-0.25, -0.2) is 4.98 Å². The number of anilines is 1. The van der Waals surface area contributed by atoms with Crippen molar-refractivity contribution in [2.45, 2.75) is 26.4 Å². The van der Waals surface area contributed by atoms with Gasteiger partial charge < -0.3 is 10.8 Å². The zero-order valence-electron chi connectivity index (χ0n) is 8.57. The highest BCUT2D eigenvalue weighted by atomic mass is 16.3. The summed E-state index contributed by atoms with van der Waals surface area (Å²) in [5.74, 6) is 0.775. The third kappa shape index (κ3) is 1.48. The molecule has 0 radical (unpaired) electrons. The topological polar surface area (TPSA) is 59.1 Å². The Morgan fingerprint density at radius 3 is 2.79 bits per heavy atom. The number of nitrogens with zero attached hydrogens (tertiary/aromatic N) is 1. The molecule has 0 spiro atoms. The number of hydrogen-bond acceptors (Lipinski definition) is 3. The summed E-state index contributed by atoms with van der Waals surface area (Å²) in [7, 11) is 0. The number of aromatic nitrogens is 1. The molecule has 0 aliphatic heterocycles. The molecule has 1 aliphatic carbocycles. The maximum atomic E-state index is 10.1. The van der Waals surface area contributed by atoms with Crippen LogP contribution in [0.5, 0.6) is 0 Å². The van der Waals surface area contributed by atoms with Gasteiger partial charge in [0.25, 0.3) is 0 Å². The Bertz CT molecular complexity index is 349. The van der Waals surface area contributed by atoms with Crippen LogP contribution in [-0.2, 0) is 0 Å². The van der Waals surface area contributed by atoms with Crippen LogP contribution < -0.4 is 5.73 Å². The Morgan fingerprint density at radius 2 is 2.29 bits per heavy atom. The van der Waals surface area contributed by atoms with Gasteiger partial charge in [0.1, 0.15) is 5.82 Å². The predicted molar refractivity (Wildman–Crippen MR) is 55.5 cm³/mol. The fraction of sp³-hybridized carbons (Fsp3) is 0.545. The molecule has 3 heteroatoms. The van der Waals surface area contributed by atoms with Crippen LogP contribution in [0.3, 0.4) is 0 Å². The minimum Gasteiger partial charge on any atom is -0.388 e. The zero-order chi connectivity index (χ0) is 10.3. The van der Waals surface area contributed by atoms with Crippen molar-refractivity contribution < 1.29 is 5.11 Å². The van der Waals surface area contributed by atoms with E-state index in [9.17, 15) is 5.11 Å². The first-order valence-corrected chi connectivity index (χ1v) is 4.91. The third-order valence-corrected chi connectivity index (χ3v) is 3.16. The van der Waals surface area contributed by atoms with Crippen LogP contribution in [0, 0.1) is 11.3 Å². The smallest absolute Gasteiger partial charge is 0.129 e. The quantitative estimate of drug-likeness (QED) is 0.750. The van der Waals surface area contributed by atoms with Crippen molar-refractivity contribution in [3.63, 3.8) is 0 Å². The lowest BCUT2D eigenvalue weighted by atomic mass is 10.0. The monoisotopic (exact) mass is 192 g/mol. The average Bonchev–Trinajstić information content (AvgIpc) is 2.75. The van der Waals surface area contributed by atoms with Crippen molar-refractivity contribution in [2.24, 2.45) is 11.3 Å². The van der Waals surface area contributed by atoms with E-state index < -0.39 is 6.10 Å². The molecule has 3 nitrogen and oxygen atoms in total. The Morgan fingerprint density at radius 1 is 1.64 bits per heavy atom. The van der Waals surface area contributed by atoms with Gasteiger partial charge in [0, 0.05) is 11.8 Å². The fourth-order valence-corrected chi connectivity index (χ4v) is 1.94. The highest BCUT2D eigenvalue weighted by Crippen LogP contribution is 2.58. The van der Waals surface area contributed by atoms with Gasteiger partial charge in [-0.05, 0) is 23.8 Å². The van der Waals surface area contributed by atoms with E-state index in [1.807, 2.05) is 12.1 Å². The van der Waals surface area contributed by atoms with Crippen LogP contribution >= 0.6 is 0 Å². The molecule has 0 bridgehead atoms. The molecule has 0 aromatic carbocycles. The van der Waals surface area contributed by atoms with Crippen molar-refractivity contribution in [3.8, 4) is 0 Å². The van der Waals surface area contributed by atoms with Crippen molar-refractivity contribution in [1.29, 1.82) is 0 Å². The molecule has 2 atom stereocenters. The molecule has 1 aliphatic rings. The highest BCUT2D eigenvalue weighted by molar-refractivity contribution is 5.41. The van der Waals surface area contributed by atoms with Crippen molar-refractivity contribution in [3.05, 3.63) is 23.9 Å². The van der Waals surface area contributed by atoms with Gasteiger partial charge in [0.15, 0.2) is 0 Å². The molecular formula is C11H16N2O. The van der Waals surface area contributed by atoms with Crippen LogP contribution in [-0.4, -0.2) is 10.1 Å². The molecule has 76 valence electrons. The van der Waals surface area contributed by atoms with Gasteiger partial charge in [0.2, 0.25) is 0 Å². The van der Waals surface area contributed by atoms with E-state index in [1.54, 1.807) is 6.20 Å². The van der Waals surface area contributed by atoms with Gasteiger partial charge >= 0.3 is 0 Å². The summed E-state index contributed by atoms with van der Waals surface area (Å²) in [6.45, 7) is 4.32. The molecule has 2 rings (SSSR count). The zero-order valence-corrected chi connectivity index (χ0v) is 8.57. The molecule has 1 aromatic heterocycles. The normalized spacial score (nSPS) is 25.8. The summed E-state index contributed by atoms with van der Waals surface area (Å²) in [5, 5.41) is 10.1. The van der Waals surface area contributed by atoms with E-state index in [0.717, 1.165) is 12.0 Å². The lowest BCUT2D eigenvalue weighted by molar-refractivity contribution is 0.139. The summed E-state index contributed by atoms with van der Waals surface area (Å²) in [4.78, 5) is 3.98. The van der Waals surface area contributed by atoms with Crippen LogP contribution in [0.4, 0.5) is 5.82 Å². The predicted octanol–water partition coefficient (Wildman–Crippen LogP) is 1.74. The molecule has 1 saturated carbocycles. The van der Waals surface area contributed by atoms with E-state index in [2.05, 4.69) is 18.8 Å². The fourth-order valence-electron chi connectivity index (χ4n) is 1.94. The largest absolute Gasteiger partial charge is 0.388 e. The minimum absolute atomic E-state index is 0.252. The third-order valence-electron chi connectivity index (χ3n) is 3.16. The van der Waals surface area contributed by atoms with Gasteiger partial charge in [-0.3, -0.25) is 0 Å². The van der Waals surface area contributed by atoms with Crippen LogP contribution in [0.1, 0.15) is 31.9 Å². The lowest BCUT2D eigenvalue weighted by Crippen LogP contribution is -2.08. The number of aliphatic hydroxyl groups is 1. The maximum absolute atomic E-state index is 10.1. The van der Waals surface area contributed by atoms with Gasteiger partial charge in [-0.1, -0.05) is 19.9 Å². The summed E-state index contributed by atoms with van der Waals surface area (Å²) < 4.78 is 0. The number of aliphatic hydroxyl groups excluding tert-OH is 1. The summed E-state index contributed by atoms with van der Waals surface area (Å²) in [5.41, 5.74) is 6.72. The molecule has 2 unspecified atom stereocenters. The first-order valence-electron chi connectivity index (χ1n) is 4.91. The van der Waals surface area contributed by atoms with Crippen molar-refractivity contribution in [2.75, 3.05) is 5.73 Å². The molecule has 1 heterocycles. The van der Waals surface area contributed by atoms with Crippen LogP contribution in [0.15, 0.2) is 18.3 Å². The molecule has 0 saturated heterocycles. The molecule has 1 fully saturated rings. The molecule has 1 aromatic rings. The van der Waals surface area contributed by atoms with Crippen molar-refractivity contribution >= 4 is 5.82 Å². The first kappa shape index (κ1) is 9.46. The Labute approximate surface area is 84.0 Å². The second kappa shape index (κ2) is 2.95. The van der Waals surface area contributed by atoms with E-state index in [-0.39, 0.29) is 5.41 Å². The van der Waals surface area contributed by atoms with Crippen molar-refractivity contribution in [1.82, 2.24) is 4.98 Å². The second-order valence-electron chi connectivity index (χ2n) is 4.72. The number of nitrogen functional groups attached to an aromatic ring is 1. The Hall–Kier alpha value is -1.09. The number of pyridine rings is 1. The summed E-state index contributed by atoms with van der Waals surface area (Å²) >= 11 is 0. The van der Waals surface area contributed by atoms with E-state index in [4.69, 9.17) is 5.73 Å². The van der Waals surface area contributed by atoms with Gasteiger partial charge in [-0.2, -0.15) is 0 Å². The second-order valence-corrected chi connectivity index (χ2v) is 4.72. The molecule has 14 heavy (non-hydrogen) atoms. The first-order chi connectivity index (χ1) is 6.52. The SMILES string of the molecule is CC1(C)CC1C(O)c1cccnc1N. The van der Waals surface area contributed by atoms with E-state index in [1.165, 1.54) is 0 Å². The summed E-state index contributed by atoms with van der Waals surface area (Å²) in [6, 6.07) is 3.66. The Balaban J connectivity index is 2.21. The summed E-state index contributed by atoms with van der Waals surface area (Å²) in [6.07, 6.45) is 2.24. The highest BCUT2D eigenvalue weighted by Gasteiger charge is 2.50. The number of nitrogens with two attached hydrogens (primary N) is 1. The molecule has 3 N–H and O–H groups in total.